The summed E-state index contributed by atoms with van der Waals surface area (Å²) >= 11 is 0. The number of hydrogen-bond acceptors (Lipinski definition) is 6. The molecule has 112 valence electrons. The summed E-state index contributed by atoms with van der Waals surface area (Å²) in [4.78, 5) is 0. The number of aliphatic hydroxyl groups is 4. The van der Waals surface area contributed by atoms with Gasteiger partial charge in [0.2, 0.25) is 0 Å². The van der Waals surface area contributed by atoms with Gasteiger partial charge in [0, 0.05) is 0 Å². The molecule has 0 aliphatic carbocycles. The molecular formula is C14H20O6. The molecule has 1 fully saturated rings. The van der Waals surface area contributed by atoms with Crippen LogP contribution in [0.15, 0.2) is 30.3 Å². The highest BCUT2D eigenvalue weighted by atomic mass is 16.6. The summed E-state index contributed by atoms with van der Waals surface area (Å²) < 4.78 is 10.8. The lowest BCUT2D eigenvalue weighted by Gasteiger charge is -2.41. The van der Waals surface area contributed by atoms with Crippen LogP contribution in [0.3, 0.4) is 0 Å². The average Bonchev–Trinajstić information content (AvgIpc) is 2.47. The molecule has 0 bridgehead atoms. The first-order valence-corrected chi connectivity index (χ1v) is 6.56. The van der Waals surface area contributed by atoms with Crippen molar-refractivity contribution in [1.29, 1.82) is 0 Å². The first-order valence-electron chi connectivity index (χ1n) is 6.56. The van der Waals surface area contributed by atoms with Crippen LogP contribution in [0.1, 0.15) is 5.56 Å². The number of ether oxygens (including phenoxy) is 2. The highest BCUT2D eigenvalue weighted by Crippen LogP contribution is 2.27. The van der Waals surface area contributed by atoms with Crippen molar-refractivity contribution in [2.45, 2.75) is 31.2 Å². The van der Waals surface area contributed by atoms with E-state index in [-0.39, 0.29) is 13.2 Å². The minimum absolute atomic E-state index is 0.247. The van der Waals surface area contributed by atoms with E-state index in [0.29, 0.717) is 0 Å². The van der Waals surface area contributed by atoms with Crippen LogP contribution < -0.4 is 0 Å². The van der Waals surface area contributed by atoms with E-state index in [1.54, 1.807) is 0 Å². The van der Waals surface area contributed by atoms with Crippen molar-refractivity contribution in [1.82, 2.24) is 0 Å². The van der Waals surface area contributed by atoms with Gasteiger partial charge in [0.1, 0.15) is 12.2 Å². The zero-order chi connectivity index (χ0) is 14.5. The van der Waals surface area contributed by atoms with Crippen LogP contribution in [0.2, 0.25) is 0 Å². The van der Waals surface area contributed by atoms with Crippen LogP contribution in [0, 0.1) is 5.92 Å². The van der Waals surface area contributed by atoms with Gasteiger partial charge in [-0.3, -0.25) is 0 Å². The molecule has 1 aromatic carbocycles. The molecule has 2 rings (SSSR count). The second kappa shape index (κ2) is 7.12. The molecule has 1 aliphatic rings. The summed E-state index contributed by atoms with van der Waals surface area (Å²) in [5.41, 5.74) is 0.920. The smallest absolute Gasteiger partial charge is 0.162 e. The van der Waals surface area contributed by atoms with Crippen LogP contribution in [0.25, 0.3) is 0 Å². The summed E-state index contributed by atoms with van der Waals surface area (Å²) in [5.74, 6) is -0.849. The zero-order valence-corrected chi connectivity index (χ0v) is 11.0. The molecule has 1 aromatic rings. The third kappa shape index (κ3) is 3.35. The molecule has 6 heteroatoms. The number of hydrogen-bond donors (Lipinski definition) is 4. The van der Waals surface area contributed by atoms with E-state index in [9.17, 15) is 20.4 Å². The second-order valence-corrected chi connectivity index (χ2v) is 4.85. The van der Waals surface area contributed by atoms with E-state index in [1.807, 2.05) is 30.3 Å². The highest BCUT2D eigenvalue weighted by molar-refractivity contribution is 5.13. The van der Waals surface area contributed by atoms with Crippen molar-refractivity contribution in [3.05, 3.63) is 35.9 Å². The number of rotatable bonds is 5. The van der Waals surface area contributed by atoms with Crippen molar-refractivity contribution < 1.29 is 29.9 Å². The molecule has 0 amide bonds. The van der Waals surface area contributed by atoms with Gasteiger partial charge in [0.05, 0.1) is 31.8 Å². The van der Waals surface area contributed by atoms with E-state index in [1.165, 1.54) is 0 Å². The van der Waals surface area contributed by atoms with Gasteiger partial charge in [-0.1, -0.05) is 30.3 Å². The molecule has 0 spiro atoms. The van der Waals surface area contributed by atoms with Crippen LogP contribution in [0.5, 0.6) is 0 Å². The summed E-state index contributed by atoms with van der Waals surface area (Å²) in [5, 5.41) is 38.2. The lowest BCUT2D eigenvalue weighted by Crippen LogP contribution is -2.57. The van der Waals surface area contributed by atoms with Crippen molar-refractivity contribution >= 4 is 0 Å². The summed E-state index contributed by atoms with van der Waals surface area (Å²) in [6.45, 7) is -0.561. The molecule has 5 atom stereocenters. The van der Waals surface area contributed by atoms with E-state index >= 15 is 0 Å². The van der Waals surface area contributed by atoms with Gasteiger partial charge >= 0.3 is 0 Å². The Kier molecular flexibility index (Phi) is 5.47. The van der Waals surface area contributed by atoms with Gasteiger partial charge < -0.3 is 29.9 Å². The minimum atomic E-state index is -1.32. The number of benzene rings is 1. The zero-order valence-electron chi connectivity index (χ0n) is 11.0. The molecule has 6 nitrogen and oxygen atoms in total. The van der Waals surface area contributed by atoms with Crippen LogP contribution in [-0.2, 0) is 16.1 Å². The Morgan fingerprint density at radius 1 is 1.05 bits per heavy atom. The predicted octanol–water partition coefficient (Wildman–Crippen LogP) is -0.749. The van der Waals surface area contributed by atoms with Gasteiger partial charge in [-0.25, -0.2) is 0 Å². The van der Waals surface area contributed by atoms with E-state index in [0.717, 1.165) is 5.56 Å². The Labute approximate surface area is 117 Å². The van der Waals surface area contributed by atoms with Crippen LogP contribution >= 0.6 is 0 Å². The molecule has 1 saturated heterocycles. The molecule has 1 unspecified atom stereocenters. The molecule has 1 aliphatic heterocycles. The van der Waals surface area contributed by atoms with Gasteiger partial charge in [-0.2, -0.15) is 0 Å². The molecule has 0 saturated carbocycles. The maximum atomic E-state index is 10.1. The lowest BCUT2D eigenvalue weighted by atomic mass is 9.91. The molecule has 4 N–H and O–H groups in total. The fraction of sp³-hybridized carbons (Fsp3) is 0.571. The molecule has 0 aromatic heterocycles. The van der Waals surface area contributed by atoms with E-state index < -0.39 is 37.1 Å². The lowest BCUT2D eigenvalue weighted by molar-refractivity contribution is -0.285. The van der Waals surface area contributed by atoms with Crippen LogP contribution in [-0.4, -0.2) is 58.2 Å². The van der Waals surface area contributed by atoms with Gasteiger partial charge in [0.15, 0.2) is 6.29 Å². The van der Waals surface area contributed by atoms with E-state index in [2.05, 4.69) is 0 Å². The molecule has 1 heterocycles. The van der Waals surface area contributed by atoms with Crippen LogP contribution in [0.4, 0.5) is 0 Å². The average molecular weight is 284 g/mol. The van der Waals surface area contributed by atoms with Crippen molar-refractivity contribution in [3.8, 4) is 0 Å². The van der Waals surface area contributed by atoms with E-state index in [4.69, 9.17) is 9.47 Å². The minimum Gasteiger partial charge on any atom is -0.396 e. The highest BCUT2D eigenvalue weighted by Gasteiger charge is 2.44. The Morgan fingerprint density at radius 2 is 1.75 bits per heavy atom. The Balaban J connectivity index is 2.02. The van der Waals surface area contributed by atoms with Crippen molar-refractivity contribution in [2.75, 3.05) is 13.2 Å². The first-order chi connectivity index (χ1) is 9.67. The second-order valence-electron chi connectivity index (χ2n) is 4.85. The Bertz CT molecular complexity index is 398. The predicted molar refractivity (Wildman–Crippen MR) is 69.6 cm³/mol. The Hall–Kier alpha value is -1.02. The monoisotopic (exact) mass is 284 g/mol. The summed E-state index contributed by atoms with van der Waals surface area (Å²) in [7, 11) is 0. The Morgan fingerprint density at radius 3 is 2.35 bits per heavy atom. The number of aliphatic hydroxyl groups excluding tert-OH is 4. The quantitative estimate of drug-likeness (QED) is 0.568. The van der Waals surface area contributed by atoms with Gasteiger partial charge in [-0.15, -0.1) is 0 Å². The van der Waals surface area contributed by atoms with Gasteiger partial charge in [-0.05, 0) is 5.56 Å². The molecule has 20 heavy (non-hydrogen) atoms. The SMILES string of the molecule is OC[C@H]1OC(O)[C@H](CO)[C@@H](O)[C@@H]1OCc1ccccc1. The maximum Gasteiger partial charge on any atom is 0.162 e. The van der Waals surface area contributed by atoms with Crippen molar-refractivity contribution in [2.24, 2.45) is 5.92 Å². The molecule has 0 radical (unpaired) electrons. The fourth-order valence-electron chi connectivity index (χ4n) is 2.31. The van der Waals surface area contributed by atoms with Gasteiger partial charge in [0.25, 0.3) is 0 Å². The normalized spacial score (nSPS) is 34.1. The third-order valence-corrected chi connectivity index (χ3v) is 3.50. The standard InChI is InChI=1S/C14H20O6/c15-6-10-12(17)13(11(7-16)20-14(10)18)19-8-9-4-2-1-3-5-9/h1-5,10-18H,6-8H2/t10-,11-,12-,13-,14?/m1/s1. The maximum absolute atomic E-state index is 10.1. The van der Waals surface area contributed by atoms with Crippen molar-refractivity contribution in [3.63, 3.8) is 0 Å². The first kappa shape index (κ1) is 15.4. The fourth-order valence-corrected chi connectivity index (χ4v) is 2.31. The topological polar surface area (TPSA) is 99.4 Å². The summed E-state index contributed by atoms with van der Waals surface area (Å²) in [6, 6.07) is 9.38. The largest absolute Gasteiger partial charge is 0.396 e. The third-order valence-electron chi connectivity index (χ3n) is 3.50. The summed E-state index contributed by atoms with van der Waals surface area (Å²) in [6.07, 6.45) is -4.05. The molecular weight excluding hydrogens is 264 g/mol.